The molecule has 2 aromatic rings. The van der Waals surface area contributed by atoms with Crippen LogP contribution in [0, 0.1) is 6.92 Å². The van der Waals surface area contributed by atoms with Crippen LogP contribution in [0.15, 0.2) is 35.5 Å². The molecule has 0 aliphatic heterocycles. The molecule has 0 spiro atoms. The van der Waals surface area contributed by atoms with E-state index in [2.05, 4.69) is 17.2 Å². The lowest BCUT2D eigenvalue weighted by atomic mass is 10.2. The summed E-state index contributed by atoms with van der Waals surface area (Å²) in [5.41, 5.74) is 2.31. The molecule has 5 heteroatoms. The summed E-state index contributed by atoms with van der Waals surface area (Å²) in [6.45, 7) is 3.98. The van der Waals surface area contributed by atoms with Crippen LogP contribution in [0.5, 0.6) is 5.75 Å². The third kappa shape index (κ3) is 2.99. The van der Waals surface area contributed by atoms with Gasteiger partial charge in [0.15, 0.2) is 0 Å². The molecule has 0 atom stereocenters. The number of ether oxygens (including phenoxy) is 1. The topological polar surface area (TPSA) is 54.1 Å². The quantitative estimate of drug-likeness (QED) is 0.826. The zero-order valence-corrected chi connectivity index (χ0v) is 12.6. The van der Waals surface area contributed by atoms with Crippen LogP contribution in [0.3, 0.4) is 0 Å². The Bertz CT molecular complexity index is 608. The number of benzene rings is 1. The number of nitrogens with one attached hydrogen (secondary N) is 2. The lowest BCUT2D eigenvalue weighted by molar-refractivity contribution is 0.102. The highest BCUT2D eigenvalue weighted by Crippen LogP contribution is 2.27. The Labute approximate surface area is 122 Å². The zero-order valence-electron chi connectivity index (χ0n) is 11.8. The normalized spacial score (nSPS) is 10.3. The van der Waals surface area contributed by atoms with Crippen LogP contribution in [0.1, 0.15) is 22.8 Å². The Balaban J connectivity index is 2.26. The number of rotatable bonds is 5. The summed E-state index contributed by atoms with van der Waals surface area (Å²) in [5.74, 6) is 1.44. The number of anilines is 1. The van der Waals surface area contributed by atoms with E-state index in [9.17, 15) is 4.79 Å². The summed E-state index contributed by atoms with van der Waals surface area (Å²) in [4.78, 5) is 15.6. The lowest BCUT2D eigenvalue weighted by Crippen LogP contribution is -2.14. The molecule has 0 saturated heterocycles. The molecule has 1 amide bonds. The predicted octanol–water partition coefficient (Wildman–Crippen LogP) is 3.70. The van der Waals surface area contributed by atoms with Gasteiger partial charge < -0.3 is 15.0 Å². The number of carbonyl (C=O) groups excluding carboxylic acids is 1. The average molecular weight is 290 g/mol. The lowest BCUT2D eigenvalue weighted by Gasteiger charge is -2.10. The summed E-state index contributed by atoms with van der Waals surface area (Å²) in [5, 5.41) is 3.81. The van der Waals surface area contributed by atoms with Crippen molar-refractivity contribution in [1.29, 1.82) is 0 Å². The van der Waals surface area contributed by atoms with Crippen LogP contribution in [-0.4, -0.2) is 23.8 Å². The van der Waals surface area contributed by atoms with Crippen molar-refractivity contribution in [1.82, 2.24) is 4.98 Å². The van der Waals surface area contributed by atoms with Crippen molar-refractivity contribution < 1.29 is 9.53 Å². The monoisotopic (exact) mass is 290 g/mol. The van der Waals surface area contributed by atoms with Crippen molar-refractivity contribution >= 4 is 23.4 Å². The number of hydrogen-bond acceptors (Lipinski definition) is 3. The van der Waals surface area contributed by atoms with Crippen molar-refractivity contribution in [3.05, 3.63) is 41.6 Å². The number of carbonyl (C=O) groups is 1. The summed E-state index contributed by atoms with van der Waals surface area (Å²) in [6, 6.07) is 7.38. The number of para-hydroxylation sites is 2. The third-order valence-corrected chi connectivity index (χ3v) is 3.81. The fourth-order valence-electron chi connectivity index (χ4n) is 1.97. The molecule has 1 heterocycles. The van der Waals surface area contributed by atoms with Crippen LogP contribution in [0.25, 0.3) is 0 Å². The zero-order chi connectivity index (χ0) is 14.5. The Morgan fingerprint density at radius 1 is 1.40 bits per heavy atom. The largest absolute Gasteiger partial charge is 0.495 e. The second-order valence-corrected chi connectivity index (χ2v) is 5.54. The van der Waals surface area contributed by atoms with Gasteiger partial charge in [-0.3, -0.25) is 4.79 Å². The highest BCUT2D eigenvalue weighted by atomic mass is 32.2. The van der Waals surface area contributed by atoms with Gasteiger partial charge in [-0.1, -0.05) is 19.1 Å². The molecule has 0 radical (unpaired) electrons. The Morgan fingerprint density at radius 3 is 2.85 bits per heavy atom. The molecule has 106 valence electrons. The minimum Gasteiger partial charge on any atom is -0.495 e. The molecule has 0 fully saturated rings. The first kappa shape index (κ1) is 14.5. The van der Waals surface area contributed by atoms with E-state index in [1.807, 2.05) is 37.4 Å². The minimum absolute atomic E-state index is 0.121. The van der Waals surface area contributed by atoms with Crippen LogP contribution in [-0.2, 0) is 0 Å². The Hall–Kier alpha value is -1.88. The molecule has 0 unspecified atom stereocenters. The van der Waals surface area contributed by atoms with E-state index in [0.29, 0.717) is 17.0 Å². The van der Waals surface area contributed by atoms with Crippen molar-refractivity contribution in [2.75, 3.05) is 18.2 Å². The maximum absolute atomic E-state index is 12.5. The van der Waals surface area contributed by atoms with E-state index in [1.165, 1.54) is 0 Å². The van der Waals surface area contributed by atoms with E-state index < -0.39 is 0 Å². The number of amides is 1. The number of hydrogen-bond donors (Lipinski definition) is 2. The molecule has 1 aromatic carbocycles. The van der Waals surface area contributed by atoms with Gasteiger partial charge in [-0.25, -0.2) is 0 Å². The number of H-pyrrole nitrogens is 1. The molecule has 0 bridgehead atoms. The van der Waals surface area contributed by atoms with Crippen molar-refractivity contribution in [3.8, 4) is 5.75 Å². The predicted molar refractivity (Wildman–Crippen MR) is 82.9 cm³/mol. The molecule has 2 rings (SSSR count). The van der Waals surface area contributed by atoms with Crippen LogP contribution in [0.2, 0.25) is 0 Å². The fraction of sp³-hybridized carbons (Fsp3) is 0.267. The van der Waals surface area contributed by atoms with Crippen LogP contribution < -0.4 is 10.1 Å². The highest BCUT2D eigenvalue weighted by Gasteiger charge is 2.17. The van der Waals surface area contributed by atoms with E-state index in [0.717, 1.165) is 16.3 Å². The Kier molecular flexibility index (Phi) is 4.74. The molecule has 20 heavy (non-hydrogen) atoms. The molecule has 0 aliphatic carbocycles. The average Bonchev–Trinajstić information content (AvgIpc) is 2.81. The highest BCUT2D eigenvalue weighted by molar-refractivity contribution is 7.99. The molecule has 2 N–H and O–H groups in total. The molecule has 0 saturated carbocycles. The first-order valence-corrected chi connectivity index (χ1v) is 7.41. The second kappa shape index (κ2) is 6.52. The third-order valence-electron chi connectivity index (χ3n) is 2.91. The van der Waals surface area contributed by atoms with E-state index in [-0.39, 0.29) is 5.91 Å². The number of methoxy groups -OCH3 is 1. The van der Waals surface area contributed by atoms with Gasteiger partial charge in [-0.15, -0.1) is 11.8 Å². The molecular formula is C15H18N2O2S. The van der Waals surface area contributed by atoms with Crippen molar-refractivity contribution in [2.24, 2.45) is 0 Å². The van der Waals surface area contributed by atoms with Crippen LogP contribution in [0.4, 0.5) is 5.69 Å². The Morgan fingerprint density at radius 2 is 2.15 bits per heavy atom. The maximum atomic E-state index is 12.5. The van der Waals surface area contributed by atoms with E-state index in [1.54, 1.807) is 18.9 Å². The molecule has 4 nitrogen and oxygen atoms in total. The maximum Gasteiger partial charge on any atom is 0.258 e. The van der Waals surface area contributed by atoms with Crippen molar-refractivity contribution in [3.63, 3.8) is 0 Å². The number of aryl methyl sites for hydroxylation is 1. The van der Waals surface area contributed by atoms with Gasteiger partial charge in [0.25, 0.3) is 5.91 Å². The van der Waals surface area contributed by atoms with Gasteiger partial charge in [-0.05, 0) is 30.4 Å². The van der Waals surface area contributed by atoms with Crippen molar-refractivity contribution in [2.45, 2.75) is 18.9 Å². The summed E-state index contributed by atoms with van der Waals surface area (Å²) in [6.07, 6.45) is 1.86. The molecular weight excluding hydrogens is 272 g/mol. The smallest absolute Gasteiger partial charge is 0.258 e. The number of thioether (sulfide) groups is 1. The summed E-state index contributed by atoms with van der Waals surface area (Å²) in [7, 11) is 1.59. The summed E-state index contributed by atoms with van der Waals surface area (Å²) < 4.78 is 5.24. The van der Waals surface area contributed by atoms with E-state index >= 15 is 0 Å². The number of aromatic nitrogens is 1. The summed E-state index contributed by atoms with van der Waals surface area (Å²) >= 11 is 1.62. The van der Waals surface area contributed by atoms with Gasteiger partial charge in [-0.2, -0.15) is 0 Å². The van der Waals surface area contributed by atoms with E-state index in [4.69, 9.17) is 4.74 Å². The van der Waals surface area contributed by atoms with Gasteiger partial charge in [0.2, 0.25) is 0 Å². The van der Waals surface area contributed by atoms with Gasteiger partial charge in [0.1, 0.15) is 5.75 Å². The van der Waals surface area contributed by atoms with Crippen LogP contribution >= 0.6 is 11.8 Å². The second-order valence-electron chi connectivity index (χ2n) is 4.26. The first-order chi connectivity index (χ1) is 9.67. The SMILES string of the molecule is CCSc1[nH]cc(C)c1C(=O)Nc1ccccc1OC. The van der Waals surface area contributed by atoms with Gasteiger partial charge >= 0.3 is 0 Å². The first-order valence-electron chi connectivity index (χ1n) is 6.42. The number of aromatic amines is 1. The minimum atomic E-state index is -0.121. The molecule has 0 aliphatic rings. The molecule has 1 aromatic heterocycles. The standard InChI is InChI=1S/C15H18N2O2S/c1-4-20-15-13(10(2)9-16-15)14(18)17-11-7-5-6-8-12(11)19-3/h5-9,16H,4H2,1-3H3,(H,17,18). The van der Waals surface area contributed by atoms with Gasteiger partial charge in [0.05, 0.1) is 23.4 Å². The fourth-order valence-corrected chi connectivity index (χ4v) is 2.80. The van der Waals surface area contributed by atoms with Gasteiger partial charge in [0, 0.05) is 6.20 Å².